The summed E-state index contributed by atoms with van der Waals surface area (Å²) in [6.45, 7) is 1.19. The number of nitrogens with one attached hydrogen (secondary N) is 1. The molecule has 1 heterocycles. The molecule has 0 fully saturated rings. The Kier molecular flexibility index (Phi) is 1.56. The maximum Gasteiger partial charge on any atom is 0.0648 e. The first-order chi connectivity index (χ1) is 6.33. The average Bonchev–Trinajstić information content (AvgIpc) is 2.19. The largest absolute Gasteiger partial charge is 0.383 e. The van der Waals surface area contributed by atoms with Crippen LogP contribution in [0.3, 0.4) is 0 Å². The van der Waals surface area contributed by atoms with E-state index in [1.54, 1.807) is 0 Å². The Balaban J connectivity index is 2.52. The van der Waals surface area contributed by atoms with Crippen LogP contribution in [0, 0.1) is 0 Å². The minimum Gasteiger partial charge on any atom is -0.383 e. The third kappa shape index (κ3) is 1.21. The zero-order chi connectivity index (χ0) is 9.26. The molecule has 0 radical (unpaired) electrons. The van der Waals surface area contributed by atoms with Gasteiger partial charge in [0.2, 0.25) is 0 Å². The van der Waals surface area contributed by atoms with E-state index in [1.165, 1.54) is 5.56 Å². The predicted molar refractivity (Wildman–Crippen MR) is 50.3 cm³/mol. The number of benzene rings is 1. The number of hydrogen-bond acceptors (Lipinski definition) is 2. The lowest BCUT2D eigenvalue weighted by atomic mass is 10.0. The molecular formula is C10H12N2. The van der Waals surface area contributed by atoms with Crippen molar-refractivity contribution >= 4 is 6.05 Å². The maximum absolute atomic E-state index is 7.85. The third-order valence-corrected chi connectivity index (χ3v) is 2.00. The smallest absolute Gasteiger partial charge is 0.0648 e. The molecule has 62 valence electrons. The van der Waals surface area contributed by atoms with Crippen LogP contribution in [0.5, 0.6) is 0 Å². The van der Waals surface area contributed by atoms with Crippen LogP contribution in [0.15, 0.2) is 30.0 Å². The Morgan fingerprint density at radius 3 is 3.17 bits per heavy atom. The van der Waals surface area contributed by atoms with E-state index in [4.69, 9.17) is 7.10 Å². The maximum atomic E-state index is 7.85. The second-order valence-electron chi connectivity index (χ2n) is 2.82. The molecule has 1 aromatic rings. The molecule has 0 spiro atoms. The lowest BCUT2D eigenvalue weighted by Gasteiger charge is -2.17. The summed E-state index contributed by atoms with van der Waals surface area (Å²) < 4.78 is 7.85. The van der Waals surface area contributed by atoms with Gasteiger partial charge in [-0.15, -0.1) is 0 Å². The molecule has 0 aliphatic carbocycles. The van der Waals surface area contributed by atoms with E-state index >= 15 is 0 Å². The molecule has 0 bridgehead atoms. The van der Waals surface area contributed by atoms with Gasteiger partial charge in [0.1, 0.15) is 0 Å². The van der Waals surface area contributed by atoms with Gasteiger partial charge in [-0.05, 0) is 17.2 Å². The van der Waals surface area contributed by atoms with Crippen LogP contribution in [0.1, 0.15) is 12.5 Å². The van der Waals surface area contributed by atoms with Crippen molar-refractivity contribution in [1.29, 1.82) is 0 Å². The summed E-state index contributed by atoms with van der Waals surface area (Å²) in [7, 11) is 0. The zero-order valence-corrected chi connectivity index (χ0v) is 6.80. The van der Waals surface area contributed by atoms with Gasteiger partial charge in [-0.2, -0.15) is 0 Å². The highest BCUT2D eigenvalue weighted by Crippen LogP contribution is 2.16. The molecule has 2 nitrogen and oxygen atoms in total. The van der Waals surface area contributed by atoms with E-state index < -0.39 is 0 Å². The van der Waals surface area contributed by atoms with Crippen LogP contribution >= 0.6 is 0 Å². The van der Waals surface area contributed by atoms with E-state index in [-0.39, 0.29) is 0 Å². The molecule has 0 saturated heterocycles. The van der Waals surface area contributed by atoms with Crippen LogP contribution in [-0.2, 0) is 6.54 Å². The summed E-state index contributed by atoms with van der Waals surface area (Å²) in [6, 6.07) is 8.47. The Bertz CT molecular complexity index is 358. The van der Waals surface area contributed by atoms with Crippen LogP contribution < -0.4 is 11.1 Å². The molecule has 2 rings (SSSR count). The fourth-order valence-electron chi connectivity index (χ4n) is 1.33. The summed E-state index contributed by atoms with van der Waals surface area (Å²) >= 11 is 0. The fourth-order valence-corrected chi connectivity index (χ4v) is 1.33. The lowest BCUT2D eigenvalue weighted by molar-refractivity contribution is 0.779. The Morgan fingerprint density at radius 1 is 1.50 bits per heavy atom. The molecule has 3 N–H and O–H groups in total. The second kappa shape index (κ2) is 2.99. The number of nitrogens with two attached hydrogens (primary N) is 1. The summed E-state index contributed by atoms with van der Waals surface area (Å²) in [4.78, 5) is 0. The quantitative estimate of drug-likeness (QED) is 0.647. The molecule has 0 aromatic heterocycles. The van der Waals surface area contributed by atoms with Crippen LogP contribution in [0.2, 0.25) is 0 Å². The normalized spacial score (nSPS) is 16.6. The van der Waals surface area contributed by atoms with Gasteiger partial charge in [0.05, 0.1) is 1.37 Å². The van der Waals surface area contributed by atoms with Gasteiger partial charge in [-0.25, -0.2) is 0 Å². The minimum absolute atomic E-state index is 0.410. The fraction of sp³-hybridized carbons (Fsp3) is 0.200. The first-order valence-electron chi connectivity index (χ1n) is 4.55. The first-order valence-corrected chi connectivity index (χ1v) is 4.05. The van der Waals surface area contributed by atoms with Gasteiger partial charge < -0.3 is 11.1 Å². The van der Waals surface area contributed by atoms with Crippen molar-refractivity contribution in [1.82, 2.24) is 5.32 Å². The highest BCUT2D eigenvalue weighted by Gasteiger charge is 2.06. The van der Waals surface area contributed by atoms with Crippen molar-refractivity contribution in [2.75, 3.05) is 6.54 Å². The summed E-state index contributed by atoms with van der Waals surface area (Å²) in [6.07, 6.45) is 0. The van der Waals surface area contributed by atoms with E-state index in [0.717, 1.165) is 17.8 Å². The van der Waals surface area contributed by atoms with Gasteiger partial charge in [0, 0.05) is 18.8 Å². The Labute approximate surface area is 73.5 Å². The highest BCUT2D eigenvalue weighted by atomic mass is 14.9. The molecule has 1 aliphatic rings. The predicted octanol–water partition coefficient (Wildman–Crippen LogP) is 1.09. The van der Waals surface area contributed by atoms with Crippen molar-refractivity contribution in [3.05, 3.63) is 41.1 Å². The molecular weight excluding hydrogens is 148 g/mol. The van der Waals surface area contributed by atoms with Gasteiger partial charge in [-0.1, -0.05) is 24.3 Å². The van der Waals surface area contributed by atoms with E-state index in [0.29, 0.717) is 12.6 Å². The molecule has 1 aliphatic heterocycles. The van der Waals surface area contributed by atoms with Crippen LogP contribution in [-0.4, -0.2) is 6.54 Å². The van der Waals surface area contributed by atoms with Gasteiger partial charge >= 0.3 is 0 Å². The first kappa shape index (κ1) is 6.26. The zero-order valence-electron chi connectivity index (χ0n) is 7.80. The minimum atomic E-state index is 0.410. The van der Waals surface area contributed by atoms with Crippen LogP contribution in [0.4, 0.5) is 0 Å². The monoisotopic (exact) mass is 161 g/mol. The van der Waals surface area contributed by atoms with Crippen LogP contribution in [0.25, 0.3) is 6.05 Å². The molecule has 0 saturated carbocycles. The van der Waals surface area contributed by atoms with Crippen molar-refractivity contribution in [3.63, 3.8) is 0 Å². The van der Waals surface area contributed by atoms with Gasteiger partial charge in [-0.3, -0.25) is 0 Å². The Hall–Kier alpha value is -1.28. The van der Waals surface area contributed by atoms with E-state index in [2.05, 4.69) is 5.32 Å². The molecule has 1 aromatic carbocycles. The highest BCUT2D eigenvalue weighted by molar-refractivity contribution is 5.58. The number of rotatable bonds is 1. The van der Waals surface area contributed by atoms with Crippen molar-refractivity contribution < 1.29 is 1.37 Å². The van der Waals surface area contributed by atoms with E-state index in [9.17, 15) is 0 Å². The number of fused-ring (bicyclic) bond motifs is 1. The Morgan fingerprint density at radius 2 is 2.33 bits per heavy atom. The topological polar surface area (TPSA) is 38.0 Å². The SMILES string of the molecule is [2H]C1=C(CN)NCc2ccccc21. The standard InChI is InChI=1S/C10H12N2/c11-6-10-5-8-3-1-2-4-9(8)7-12-10/h1-5,12H,6-7,11H2/i5D. The molecule has 0 unspecified atom stereocenters. The van der Waals surface area contributed by atoms with Gasteiger partial charge in [0.25, 0.3) is 0 Å². The average molecular weight is 161 g/mol. The summed E-state index contributed by atoms with van der Waals surface area (Å²) in [5.41, 5.74) is 8.52. The van der Waals surface area contributed by atoms with Gasteiger partial charge in [0.15, 0.2) is 0 Å². The molecule has 2 heteroatoms. The van der Waals surface area contributed by atoms with Crippen molar-refractivity contribution in [2.24, 2.45) is 5.73 Å². The lowest BCUT2D eigenvalue weighted by Crippen LogP contribution is -2.23. The third-order valence-electron chi connectivity index (χ3n) is 2.00. The summed E-state index contributed by atoms with van der Waals surface area (Å²) in [5.74, 6) is 0. The number of hydrogen-bond donors (Lipinski definition) is 2. The van der Waals surface area contributed by atoms with Crippen molar-refractivity contribution in [3.8, 4) is 0 Å². The molecule has 12 heavy (non-hydrogen) atoms. The second-order valence-corrected chi connectivity index (χ2v) is 2.82. The van der Waals surface area contributed by atoms with E-state index in [1.807, 2.05) is 24.3 Å². The van der Waals surface area contributed by atoms with Crippen molar-refractivity contribution in [2.45, 2.75) is 6.54 Å². The molecule has 0 amide bonds. The summed E-state index contributed by atoms with van der Waals surface area (Å²) in [5, 5.41) is 3.14. The molecule has 0 atom stereocenters.